The van der Waals surface area contributed by atoms with Crippen LogP contribution in [0.3, 0.4) is 0 Å². The maximum atomic E-state index is 14.3. The van der Waals surface area contributed by atoms with Gasteiger partial charge in [-0.3, -0.25) is 14.4 Å². The molecule has 0 bridgehead atoms. The van der Waals surface area contributed by atoms with Gasteiger partial charge in [-0.05, 0) is 122 Å². The number of anilines is 1. The van der Waals surface area contributed by atoms with Gasteiger partial charge >= 0.3 is 6.09 Å². The van der Waals surface area contributed by atoms with Crippen LogP contribution < -0.4 is 20.7 Å². The Bertz CT molecular complexity index is 2300. The lowest BCUT2D eigenvalue weighted by Crippen LogP contribution is -2.58. The number of aromatic nitrogens is 4. The molecule has 14 nitrogen and oxygen atoms in total. The van der Waals surface area contributed by atoms with E-state index in [0.29, 0.717) is 44.0 Å². The van der Waals surface area contributed by atoms with Crippen LogP contribution >= 0.6 is 0 Å². The average Bonchev–Trinajstić information content (AvgIpc) is 4.00. The van der Waals surface area contributed by atoms with Crippen LogP contribution in [0.25, 0.3) is 0 Å². The molecule has 1 fully saturated rings. The number of carbonyl (C=O) groups is 4. The maximum absolute atomic E-state index is 14.3. The number of piperidine rings is 1. The molecule has 348 valence electrons. The lowest BCUT2D eigenvalue weighted by molar-refractivity contribution is -0.139. The number of methoxy groups -OCH3 is 1. The highest BCUT2D eigenvalue weighted by Crippen LogP contribution is 2.33. The number of imidazole rings is 2. The first-order valence-corrected chi connectivity index (χ1v) is 22.4. The van der Waals surface area contributed by atoms with E-state index in [-0.39, 0.29) is 17.3 Å². The predicted molar refractivity (Wildman–Crippen MR) is 253 cm³/mol. The standard InChI is InChI=1S/C39H54N6O6.C12H14N2/c1-27-21-23-44(24-22-27)35(48)39(7,29-17-19-30(50-8)20-18-29)45-25-32(40-26-45)42-33(46)31(16-12-15-28-13-10-9-11-14-28)41-34(47)38(5,6)43-36(49)51-37(2,3)4;1-12(2,14-9-8-13-10-14)11-6-4-3-5-7-11/h9-11,13-14,17-20,25-27,31H,12,15-16,21-24H2,1-8H3,(H,41,47)(H,42,46)(H,43,49);3-10H,1-2H3/t31-,39?;/m1./s1. The van der Waals surface area contributed by atoms with Crippen molar-refractivity contribution in [2.45, 2.75) is 123 Å². The van der Waals surface area contributed by atoms with Gasteiger partial charge in [-0.25, -0.2) is 14.8 Å². The van der Waals surface area contributed by atoms with E-state index in [1.165, 1.54) is 5.56 Å². The van der Waals surface area contributed by atoms with E-state index >= 15 is 0 Å². The number of nitrogens with zero attached hydrogens (tertiary/aromatic N) is 5. The van der Waals surface area contributed by atoms with Gasteiger partial charge in [-0.15, -0.1) is 0 Å². The summed E-state index contributed by atoms with van der Waals surface area (Å²) in [7, 11) is 1.59. The van der Waals surface area contributed by atoms with Gasteiger partial charge in [0.1, 0.15) is 28.5 Å². The normalized spacial score (nSPS) is 14.8. The van der Waals surface area contributed by atoms with Crippen molar-refractivity contribution in [2.75, 3.05) is 25.5 Å². The largest absolute Gasteiger partial charge is 0.497 e. The molecule has 1 saturated heterocycles. The van der Waals surface area contributed by atoms with E-state index in [9.17, 15) is 19.2 Å². The lowest BCUT2D eigenvalue weighted by Gasteiger charge is -2.39. The molecule has 0 spiro atoms. The molecule has 0 radical (unpaired) electrons. The van der Waals surface area contributed by atoms with Gasteiger partial charge in [-0.2, -0.15) is 0 Å². The van der Waals surface area contributed by atoms with E-state index in [1.807, 2.05) is 91.2 Å². The molecule has 65 heavy (non-hydrogen) atoms. The molecule has 0 aliphatic carbocycles. The van der Waals surface area contributed by atoms with E-state index < -0.39 is 40.6 Å². The Labute approximate surface area is 384 Å². The number of likely N-dealkylation sites (tertiary alicyclic amines) is 1. The molecular formula is C51H68N8O6. The molecule has 2 atom stereocenters. The van der Waals surface area contributed by atoms with Crippen molar-refractivity contribution in [1.82, 2.24) is 34.6 Å². The van der Waals surface area contributed by atoms with Crippen molar-refractivity contribution in [2.24, 2.45) is 5.92 Å². The molecule has 3 aromatic carbocycles. The fourth-order valence-electron chi connectivity index (χ4n) is 7.63. The minimum Gasteiger partial charge on any atom is -0.497 e. The van der Waals surface area contributed by atoms with E-state index in [1.54, 1.807) is 58.8 Å². The minimum atomic E-state index is -1.38. The minimum absolute atomic E-state index is 0.0300. The van der Waals surface area contributed by atoms with E-state index in [2.05, 4.69) is 75.5 Å². The molecule has 4 amide bonds. The number of ether oxygens (including phenoxy) is 2. The predicted octanol–water partition coefficient (Wildman–Crippen LogP) is 8.33. The van der Waals surface area contributed by atoms with Crippen molar-refractivity contribution in [1.29, 1.82) is 0 Å². The summed E-state index contributed by atoms with van der Waals surface area (Å²) < 4.78 is 14.6. The second-order valence-electron chi connectivity index (χ2n) is 19.0. The molecule has 1 unspecified atom stereocenters. The highest BCUT2D eigenvalue weighted by molar-refractivity contribution is 5.98. The fourth-order valence-corrected chi connectivity index (χ4v) is 7.63. The van der Waals surface area contributed by atoms with Gasteiger partial charge in [0.15, 0.2) is 5.82 Å². The third kappa shape index (κ3) is 13.3. The van der Waals surface area contributed by atoms with Crippen molar-refractivity contribution >= 4 is 29.6 Å². The summed E-state index contributed by atoms with van der Waals surface area (Å²) in [6, 6.07) is 26.8. The quantitative estimate of drug-likeness (QED) is 0.0946. The summed E-state index contributed by atoms with van der Waals surface area (Å²) in [5, 5.41) is 8.31. The van der Waals surface area contributed by atoms with E-state index in [0.717, 1.165) is 24.0 Å². The van der Waals surface area contributed by atoms with Gasteiger partial charge in [0, 0.05) is 31.7 Å². The van der Waals surface area contributed by atoms with Crippen LogP contribution in [0, 0.1) is 5.92 Å². The second-order valence-corrected chi connectivity index (χ2v) is 19.0. The summed E-state index contributed by atoms with van der Waals surface area (Å²) in [6.45, 7) is 18.0. The van der Waals surface area contributed by atoms with Crippen LogP contribution in [0.2, 0.25) is 0 Å². The molecule has 3 heterocycles. The van der Waals surface area contributed by atoms with Crippen LogP contribution in [0.1, 0.15) is 105 Å². The lowest BCUT2D eigenvalue weighted by atomic mass is 9.88. The smallest absolute Gasteiger partial charge is 0.408 e. The SMILES string of the molecule is CC(C)(c1ccccc1)n1ccnc1.COc1ccc(C(C)(C(=O)N2CCC(C)CC2)n2cnc(NC(=O)[C@@H](CCCc3ccccc3)NC(=O)C(C)(C)NC(=O)OC(C)(C)C)c2)cc1. The fraction of sp³-hybridized carbons (Fsp3) is 0.451. The van der Waals surface area contributed by atoms with Crippen molar-refractivity contribution in [3.63, 3.8) is 0 Å². The topological polar surface area (TPSA) is 162 Å². The second kappa shape index (κ2) is 21.5. The Balaban J connectivity index is 0.000000477. The summed E-state index contributed by atoms with van der Waals surface area (Å²) >= 11 is 0. The molecule has 0 saturated carbocycles. The van der Waals surface area contributed by atoms with Gasteiger partial charge < -0.3 is 39.5 Å². The van der Waals surface area contributed by atoms with Crippen LogP contribution in [0.5, 0.6) is 5.75 Å². The Kier molecular flexibility index (Phi) is 16.4. The number of carbonyl (C=O) groups excluding carboxylic acids is 4. The van der Waals surface area contributed by atoms with Gasteiger partial charge in [0.05, 0.1) is 25.3 Å². The number of aryl methyl sites for hydroxylation is 1. The summed E-state index contributed by atoms with van der Waals surface area (Å²) in [4.78, 5) is 64.6. The third-order valence-electron chi connectivity index (χ3n) is 11.9. The van der Waals surface area contributed by atoms with Crippen LogP contribution in [0.4, 0.5) is 10.6 Å². The molecule has 2 aromatic heterocycles. The van der Waals surface area contributed by atoms with Crippen LogP contribution in [-0.2, 0) is 36.6 Å². The van der Waals surface area contributed by atoms with E-state index in [4.69, 9.17) is 9.47 Å². The zero-order valence-electron chi connectivity index (χ0n) is 39.8. The number of amides is 4. The maximum Gasteiger partial charge on any atom is 0.408 e. The highest BCUT2D eigenvalue weighted by Gasteiger charge is 2.42. The first-order valence-electron chi connectivity index (χ1n) is 22.4. The summed E-state index contributed by atoms with van der Waals surface area (Å²) in [6.07, 6.45) is 11.6. The number of benzene rings is 3. The average molecular weight is 889 g/mol. The summed E-state index contributed by atoms with van der Waals surface area (Å²) in [5.41, 5.74) is -0.179. The van der Waals surface area contributed by atoms with Gasteiger partial charge in [0.2, 0.25) is 11.8 Å². The number of rotatable bonds is 15. The number of hydrogen-bond donors (Lipinski definition) is 3. The van der Waals surface area contributed by atoms with Crippen LogP contribution in [-0.4, -0.2) is 85.2 Å². The Morgan fingerprint density at radius 1 is 0.800 bits per heavy atom. The zero-order chi connectivity index (χ0) is 47.4. The zero-order valence-corrected chi connectivity index (χ0v) is 39.8. The molecular weight excluding hydrogens is 821 g/mol. The van der Waals surface area contributed by atoms with Crippen molar-refractivity contribution < 1.29 is 28.7 Å². The Hall–Kier alpha value is -6.44. The number of hydrogen-bond acceptors (Lipinski definition) is 8. The first kappa shape index (κ1) is 49.6. The Morgan fingerprint density at radius 2 is 1.43 bits per heavy atom. The van der Waals surface area contributed by atoms with Crippen LogP contribution in [0.15, 0.2) is 116 Å². The number of alkyl carbamates (subject to hydrolysis) is 1. The first-order chi connectivity index (χ1) is 30.7. The molecule has 5 aromatic rings. The van der Waals surface area contributed by atoms with Gasteiger partial charge in [-0.1, -0.05) is 79.7 Å². The Morgan fingerprint density at radius 3 is 2.02 bits per heavy atom. The summed E-state index contributed by atoms with van der Waals surface area (Å²) in [5.74, 6) is 0.360. The highest BCUT2D eigenvalue weighted by atomic mass is 16.6. The third-order valence-corrected chi connectivity index (χ3v) is 11.9. The molecule has 14 heteroatoms. The number of nitrogens with one attached hydrogen (secondary N) is 3. The molecule has 6 rings (SSSR count). The molecule has 3 N–H and O–H groups in total. The molecule has 1 aliphatic heterocycles. The van der Waals surface area contributed by atoms with Crippen molar-refractivity contribution in [3.8, 4) is 5.75 Å². The van der Waals surface area contributed by atoms with Crippen molar-refractivity contribution in [3.05, 3.63) is 133 Å². The monoisotopic (exact) mass is 889 g/mol. The molecule has 1 aliphatic rings. The van der Waals surface area contributed by atoms with Gasteiger partial charge in [0.25, 0.3) is 5.91 Å².